The van der Waals surface area contributed by atoms with Gasteiger partial charge in [0.05, 0.1) is 55.5 Å². The number of allylic oxidation sites excluding steroid dienone is 3. The Morgan fingerprint density at radius 2 is 1.62 bits per heavy atom. The van der Waals surface area contributed by atoms with E-state index < -0.39 is 5.78 Å². The van der Waals surface area contributed by atoms with Crippen LogP contribution in [0.2, 0.25) is 5.02 Å². The monoisotopic (exact) mass is 632 g/mol. The smallest absolute Gasteiger partial charge is 0.210 e. The van der Waals surface area contributed by atoms with E-state index in [1.165, 1.54) is 12.2 Å². The van der Waals surface area contributed by atoms with Crippen LogP contribution >= 0.6 is 11.6 Å². The Bertz CT molecular complexity index is 1400. The van der Waals surface area contributed by atoms with Gasteiger partial charge < -0.3 is 30.4 Å². The van der Waals surface area contributed by atoms with Crippen molar-refractivity contribution in [1.82, 2.24) is 0 Å². The summed E-state index contributed by atoms with van der Waals surface area (Å²) in [6.07, 6.45) is 8.01. The Hall–Kier alpha value is -3.62. The molecule has 0 aliphatic carbocycles. The van der Waals surface area contributed by atoms with Crippen molar-refractivity contribution in [3.63, 3.8) is 0 Å². The first kappa shape index (κ1) is 34.3. The van der Waals surface area contributed by atoms with Gasteiger partial charge in [0.15, 0.2) is 5.88 Å². The van der Waals surface area contributed by atoms with Crippen molar-refractivity contribution < 1.29 is 23.7 Å². The largest absolute Gasteiger partial charge is 0.479 e. The molecule has 4 N–H and O–H groups in total. The fourth-order valence-corrected chi connectivity index (χ4v) is 5.39. The van der Waals surface area contributed by atoms with Gasteiger partial charge in [-0.3, -0.25) is 4.79 Å². The molecule has 3 atom stereocenters. The second-order valence-electron chi connectivity index (χ2n) is 11.3. The molecule has 3 unspecified atom stereocenters. The third-order valence-electron chi connectivity index (χ3n) is 7.67. The summed E-state index contributed by atoms with van der Waals surface area (Å²) in [5.74, 6) is -0.191. The summed E-state index contributed by atoms with van der Waals surface area (Å²) in [5, 5.41) is 0.305. The van der Waals surface area contributed by atoms with Crippen molar-refractivity contribution in [2.45, 2.75) is 77.0 Å². The van der Waals surface area contributed by atoms with E-state index in [2.05, 4.69) is 19.1 Å². The van der Waals surface area contributed by atoms with Gasteiger partial charge in [-0.1, -0.05) is 105 Å². The molecular weight excluding hydrogens is 588 g/mol. The van der Waals surface area contributed by atoms with Crippen LogP contribution in [0.4, 0.5) is 0 Å². The number of hydrogen-bond donors (Lipinski definition) is 2. The fourth-order valence-electron chi connectivity index (χ4n) is 5.19. The lowest BCUT2D eigenvalue weighted by molar-refractivity contribution is -0.142. The van der Waals surface area contributed by atoms with E-state index in [1.54, 1.807) is 12.1 Å². The van der Waals surface area contributed by atoms with Gasteiger partial charge in [-0.25, -0.2) is 0 Å². The van der Waals surface area contributed by atoms with Gasteiger partial charge in [-0.15, -0.1) is 0 Å². The first-order valence-electron chi connectivity index (χ1n) is 15.8. The minimum atomic E-state index is -0.399. The van der Waals surface area contributed by atoms with E-state index in [4.69, 9.17) is 42.0 Å². The Morgan fingerprint density at radius 1 is 0.911 bits per heavy atom. The normalized spacial score (nSPS) is 18.9. The minimum absolute atomic E-state index is 0.00686. The third kappa shape index (κ3) is 11.4. The molecular formula is C37H45ClN2O5. The molecule has 4 rings (SSSR count). The van der Waals surface area contributed by atoms with E-state index in [-0.39, 0.29) is 29.9 Å². The number of rotatable bonds is 17. The van der Waals surface area contributed by atoms with Crippen LogP contribution in [0.15, 0.2) is 103 Å². The molecule has 240 valence electrons. The summed E-state index contributed by atoms with van der Waals surface area (Å²) in [6, 6.07) is 25.5. The van der Waals surface area contributed by atoms with Crippen molar-refractivity contribution in [2.75, 3.05) is 13.2 Å². The number of ether oxygens (including phenoxy) is 4. The van der Waals surface area contributed by atoms with Crippen LogP contribution in [0.5, 0.6) is 0 Å². The SMILES string of the molecule is CCCCCCO/C(N)=C/C=C(\N)C(=O)c1cc(C2CC(OCc3ccccc3)CC(COCc3ccccc3)O2)ccc1Cl. The zero-order valence-electron chi connectivity index (χ0n) is 26.0. The second kappa shape index (κ2) is 18.4. The average molecular weight is 633 g/mol. The maximum atomic E-state index is 13.3. The summed E-state index contributed by atoms with van der Waals surface area (Å²) in [6.45, 7) is 4.09. The molecule has 0 saturated carbocycles. The van der Waals surface area contributed by atoms with Gasteiger partial charge in [0.25, 0.3) is 0 Å². The number of carbonyl (C=O) groups is 1. The molecule has 0 aromatic heterocycles. The van der Waals surface area contributed by atoms with E-state index in [1.807, 2.05) is 54.6 Å². The lowest BCUT2D eigenvalue weighted by Crippen LogP contribution is -2.35. The van der Waals surface area contributed by atoms with Crippen LogP contribution in [-0.2, 0) is 32.2 Å². The fraction of sp³-hybridized carbons (Fsp3) is 0.378. The number of ketones is 1. The van der Waals surface area contributed by atoms with Crippen LogP contribution in [0.3, 0.4) is 0 Å². The average Bonchev–Trinajstić information content (AvgIpc) is 3.07. The number of Topliss-reactive ketones (excluding diaryl/α,β-unsaturated/α-hetero) is 1. The number of unbranched alkanes of at least 4 members (excludes halogenated alkanes) is 3. The highest BCUT2D eigenvalue weighted by Crippen LogP contribution is 2.35. The van der Waals surface area contributed by atoms with E-state index >= 15 is 0 Å². The van der Waals surface area contributed by atoms with E-state index in [0.29, 0.717) is 49.9 Å². The van der Waals surface area contributed by atoms with Crippen molar-refractivity contribution in [3.8, 4) is 0 Å². The highest BCUT2D eigenvalue weighted by Gasteiger charge is 2.32. The van der Waals surface area contributed by atoms with Crippen LogP contribution in [0, 0.1) is 0 Å². The Balaban J connectivity index is 1.44. The van der Waals surface area contributed by atoms with Gasteiger partial charge in [-0.2, -0.15) is 0 Å². The molecule has 1 aliphatic rings. The Labute approximate surface area is 272 Å². The predicted octanol–water partition coefficient (Wildman–Crippen LogP) is 7.78. The summed E-state index contributed by atoms with van der Waals surface area (Å²) in [5.41, 5.74) is 15.4. The highest BCUT2D eigenvalue weighted by atomic mass is 35.5. The molecule has 45 heavy (non-hydrogen) atoms. The third-order valence-corrected chi connectivity index (χ3v) is 8.00. The molecule has 1 fully saturated rings. The molecule has 3 aromatic carbocycles. The second-order valence-corrected chi connectivity index (χ2v) is 11.7. The molecule has 0 spiro atoms. The maximum absolute atomic E-state index is 13.3. The number of halogens is 1. The number of hydrogen-bond acceptors (Lipinski definition) is 7. The van der Waals surface area contributed by atoms with E-state index in [0.717, 1.165) is 42.4 Å². The maximum Gasteiger partial charge on any atom is 0.210 e. The highest BCUT2D eigenvalue weighted by molar-refractivity contribution is 6.34. The molecule has 0 bridgehead atoms. The zero-order chi connectivity index (χ0) is 31.9. The van der Waals surface area contributed by atoms with Crippen molar-refractivity contribution >= 4 is 17.4 Å². The molecule has 0 amide bonds. The van der Waals surface area contributed by atoms with Gasteiger partial charge in [-0.05, 0) is 47.4 Å². The van der Waals surface area contributed by atoms with Crippen LogP contribution in [0.25, 0.3) is 0 Å². The zero-order valence-corrected chi connectivity index (χ0v) is 26.8. The summed E-state index contributed by atoms with van der Waals surface area (Å²) in [7, 11) is 0. The lowest BCUT2D eigenvalue weighted by Gasteiger charge is -2.36. The molecule has 1 saturated heterocycles. The summed E-state index contributed by atoms with van der Waals surface area (Å²) >= 11 is 6.49. The first-order valence-corrected chi connectivity index (χ1v) is 16.1. The topological polar surface area (TPSA) is 106 Å². The number of carbonyl (C=O) groups excluding carboxylic acids is 1. The number of nitrogens with two attached hydrogens (primary N) is 2. The van der Waals surface area contributed by atoms with Crippen LogP contribution in [0.1, 0.15) is 78.6 Å². The molecule has 1 aliphatic heterocycles. The van der Waals surface area contributed by atoms with E-state index in [9.17, 15) is 4.79 Å². The lowest BCUT2D eigenvalue weighted by atomic mass is 9.94. The Kier molecular flexibility index (Phi) is 14.0. The molecule has 8 heteroatoms. The van der Waals surface area contributed by atoms with Gasteiger partial charge >= 0.3 is 0 Å². The first-order chi connectivity index (χ1) is 21.9. The standard InChI is InChI=1S/C37H45ClN2O5/c1-2-3-4-11-20-43-36(40)19-18-34(39)37(41)32-21-29(16-17-33(32)38)35-23-30(44-25-28-14-9-6-10-15-28)22-31(45-35)26-42-24-27-12-7-5-8-13-27/h5-10,12-19,21,30-31,35H,2-4,11,20,22-26,39-40H2,1H3/b34-18-,36-19+. The number of benzene rings is 3. The van der Waals surface area contributed by atoms with Crippen LogP contribution in [-0.4, -0.2) is 31.2 Å². The van der Waals surface area contributed by atoms with Gasteiger partial charge in [0.1, 0.15) is 0 Å². The van der Waals surface area contributed by atoms with Crippen molar-refractivity contribution in [2.24, 2.45) is 11.5 Å². The molecule has 1 heterocycles. The molecule has 7 nitrogen and oxygen atoms in total. The Morgan fingerprint density at radius 3 is 2.33 bits per heavy atom. The van der Waals surface area contributed by atoms with Gasteiger partial charge in [0.2, 0.25) is 5.78 Å². The van der Waals surface area contributed by atoms with Crippen molar-refractivity contribution in [3.05, 3.63) is 130 Å². The quantitative estimate of drug-likeness (QED) is 0.0514. The summed E-state index contributed by atoms with van der Waals surface area (Å²) in [4.78, 5) is 13.3. The molecule has 3 aromatic rings. The van der Waals surface area contributed by atoms with Crippen LogP contribution < -0.4 is 11.5 Å². The van der Waals surface area contributed by atoms with Gasteiger partial charge in [0, 0.05) is 18.4 Å². The predicted molar refractivity (Wildman–Crippen MR) is 178 cm³/mol. The summed E-state index contributed by atoms with van der Waals surface area (Å²) < 4.78 is 24.5. The van der Waals surface area contributed by atoms with Crippen molar-refractivity contribution in [1.29, 1.82) is 0 Å². The molecule has 0 radical (unpaired) electrons. The minimum Gasteiger partial charge on any atom is -0.479 e.